The second-order valence-corrected chi connectivity index (χ2v) is 2.38. The number of ether oxygens (including phenoxy) is 1. The minimum absolute atomic E-state index is 0.402. The second kappa shape index (κ2) is 2.83. The van der Waals surface area contributed by atoms with Gasteiger partial charge in [0.05, 0.1) is 13.3 Å². The molecule has 0 spiro atoms. The van der Waals surface area contributed by atoms with Gasteiger partial charge in [0.25, 0.3) is 0 Å². The summed E-state index contributed by atoms with van der Waals surface area (Å²) in [5.41, 5.74) is 0.405. The SMILES string of the molecule is COC(=O)c1cn[nH]c1Br. The van der Waals surface area contributed by atoms with E-state index in [2.05, 4.69) is 30.9 Å². The van der Waals surface area contributed by atoms with E-state index in [0.29, 0.717) is 10.2 Å². The van der Waals surface area contributed by atoms with Crippen LogP contribution in [0.4, 0.5) is 0 Å². The van der Waals surface area contributed by atoms with Gasteiger partial charge in [0.2, 0.25) is 0 Å². The number of nitrogens with one attached hydrogen (secondary N) is 1. The number of carbonyl (C=O) groups is 1. The Morgan fingerprint density at radius 3 is 3.00 bits per heavy atom. The monoisotopic (exact) mass is 204 g/mol. The van der Waals surface area contributed by atoms with Gasteiger partial charge in [0.15, 0.2) is 0 Å². The number of hydrogen-bond donors (Lipinski definition) is 1. The molecule has 1 N–H and O–H groups in total. The lowest BCUT2D eigenvalue weighted by molar-refractivity contribution is 0.0600. The van der Waals surface area contributed by atoms with Crippen molar-refractivity contribution in [3.05, 3.63) is 16.4 Å². The van der Waals surface area contributed by atoms with Crippen molar-refractivity contribution < 1.29 is 9.53 Å². The predicted molar refractivity (Wildman–Crippen MR) is 37.6 cm³/mol. The Bertz CT molecular complexity index is 246. The van der Waals surface area contributed by atoms with Crippen molar-refractivity contribution >= 4 is 21.9 Å². The summed E-state index contributed by atoms with van der Waals surface area (Å²) in [6, 6.07) is 0. The Labute approximate surface area is 65.7 Å². The third-order valence-electron chi connectivity index (χ3n) is 0.998. The number of methoxy groups -OCH3 is 1. The van der Waals surface area contributed by atoms with Crippen LogP contribution in [0.15, 0.2) is 10.8 Å². The van der Waals surface area contributed by atoms with Crippen LogP contribution in [0.25, 0.3) is 0 Å². The first-order chi connectivity index (χ1) is 4.75. The molecule has 1 aromatic rings. The number of nitrogens with zero attached hydrogens (tertiary/aromatic N) is 1. The van der Waals surface area contributed by atoms with Crippen LogP contribution in [0.5, 0.6) is 0 Å². The van der Waals surface area contributed by atoms with E-state index < -0.39 is 5.97 Å². The molecule has 4 nitrogen and oxygen atoms in total. The average molecular weight is 205 g/mol. The summed E-state index contributed by atoms with van der Waals surface area (Å²) in [5, 5.41) is 6.17. The molecule has 1 heterocycles. The third kappa shape index (κ3) is 1.18. The van der Waals surface area contributed by atoms with E-state index in [4.69, 9.17) is 0 Å². The molecule has 0 aliphatic carbocycles. The highest BCUT2D eigenvalue weighted by Crippen LogP contribution is 2.12. The van der Waals surface area contributed by atoms with Crippen molar-refractivity contribution in [1.29, 1.82) is 0 Å². The van der Waals surface area contributed by atoms with E-state index in [0.717, 1.165) is 0 Å². The van der Waals surface area contributed by atoms with Crippen molar-refractivity contribution in [3.63, 3.8) is 0 Å². The van der Waals surface area contributed by atoms with Gasteiger partial charge in [-0.2, -0.15) is 5.10 Å². The summed E-state index contributed by atoms with van der Waals surface area (Å²) in [6.07, 6.45) is 1.40. The van der Waals surface area contributed by atoms with Crippen LogP contribution in [-0.4, -0.2) is 23.3 Å². The molecular weight excluding hydrogens is 200 g/mol. The summed E-state index contributed by atoms with van der Waals surface area (Å²) in [7, 11) is 1.32. The Morgan fingerprint density at radius 1 is 1.90 bits per heavy atom. The number of carbonyl (C=O) groups excluding carboxylic acids is 1. The quantitative estimate of drug-likeness (QED) is 0.694. The maximum atomic E-state index is 10.8. The zero-order valence-corrected chi connectivity index (χ0v) is 6.81. The van der Waals surface area contributed by atoms with Crippen molar-refractivity contribution in [3.8, 4) is 0 Å². The van der Waals surface area contributed by atoms with E-state index in [9.17, 15) is 4.79 Å². The molecular formula is C5H5BrN2O2. The molecule has 5 heteroatoms. The molecule has 1 rings (SSSR count). The van der Waals surface area contributed by atoms with Crippen LogP contribution in [0, 0.1) is 0 Å². The lowest BCUT2D eigenvalue weighted by Gasteiger charge is -1.92. The molecule has 0 unspecified atom stereocenters. The van der Waals surface area contributed by atoms with E-state index >= 15 is 0 Å². The molecule has 0 atom stereocenters. The number of rotatable bonds is 1. The van der Waals surface area contributed by atoms with Gasteiger partial charge < -0.3 is 4.74 Å². The molecule has 1 aromatic heterocycles. The molecule has 0 saturated heterocycles. The van der Waals surface area contributed by atoms with Gasteiger partial charge in [0, 0.05) is 0 Å². The number of halogens is 1. The zero-order valence-electron chi connectivity index (χ0n) is 5.22. The van der Waals surface area contributed by atoms with Crippen molar-refractivity contribution in [2.75, 3.05) is 7.11 Å². The molecule has 0 bridgehead atoms. The van der Waals surface area contributed by atoms with Crippen LogP contribution in [0.3, 0.4) is 0 Å². The first-order valence-electron chi connectivity index (χ1n) is 2.53. The fourth-order valence-electron chi connectivity index (χ4n) is 0.523. The van der Waals surface area contributed by atoms with Crippen LogP contribution >= 0.6 is 15.9 Å². The van der Waals surface area contributed by atoms with Crippen LogP contribution in [-0.2, 0) is 4.74 Å². The molecule has 0 radical (unpaired) electrons. The number of H-pyrrole nitrogens is 1. The van der Waals surface area contributed by atoms with Crippen molar-refractivity contribution in [2.24, 2.45) is 0 Å². The van der Waals surface area contributed by atoms with Crippen LogP contribution < -0.4 is 0 Å². The Kier molecular flexibility index (Phi) is 2.06. The molecule has 10 heavy (non-hydrogen) atoms. The fourth-order valence-corrected chi connectivity index (χ4v) is 0.889. The van der Waals surface area contributed by atoms with Crippen molar-refractivity contribution in [2.45, 2.75) is 0 Å². The highest BCUT2D eigenvalue weighted by atomic mass is 79.9. The molecule has 0 fully saturated rings. The van der Waals surface area contributed by atoms with E-state index in [1.807, 2.05) is 0 Å². The topological polar surface area (TPSA) is 55.0 Å². The number of aromatic nitrogens is 2. The molecule has 0 aliphatic rings. The summed E-state index contributed by atoms with van der Waals surface area (Å²) in [4.78, 5) is 10.8. The third-order valence-corrected chi connectivity index (χ3v) is 1.60. The van der Waals surface area contributed by atoms with E-state index in [1.54, 1.807) is 0 Å². The van der Waals surface area contributed by atoms with Gasteiger partial charge in [-0.1, -0.05) is 0 Å². The highest BCUT2D eigenvalue weighted by Gasteiger charge is 2.10. The summed E-state index contributed by atoms with van der Waals surface area (Å²) in [6.45, 7) is 0. The molecule has 0 amide bonds. The van der Waals surface area contributed by atoms with Crippen molar-refractivity contribution in [1.82, 2.24) is 10.2 Å². The Hall–Kier alpha value is -0.840. The Balaban J connectivity index is 2.93. The first-order valence-corrected chi connectivity index (χ1v) is 3.32. The lowest BCUT2D eigenvalue weighted by atomic mass is 10.4. The average Bonchev–Trinajstić information content (AvgIpc) is 2.34. The normalized spacial score (nSPS) is 9.40. The molecule has 54 valence electrons. The maximum absolute atomic E-state index is 10.8. The van der Waals surface area contributed by atoms with Crippen LogP contribution in [0.1, 0.15) is 10.4 Å². The standard InChI is InChI=1S/C5H5BrN2O2/c1-10-5(9)3-2-7-8-4(3)6/h2H,1H3,(H,7,8). The van der Waals surface area contributed by atoms with E-state index in [1.165, 1.54) is 13.3 Å². The Morgan fingerprint density at radius 2 is 2.60 bits per heavy atom. The van der Waals surface area contributed by atoms with Gasteiger partial charge >= 0.3 is 5.97 Å². The largest absolute Gasteiger partial charge is 0.465 e. The highest BCUT2D eigenvalue weighted by molar-refractivity contribution is 9.10. The van der Waals surface area contributed by atoms with Gasteiger partial charge in [-0.05, 0) is 15.9 Å². The minimum atomic E-state index is -0.402. The van der Waals surface area contributed by atoms with Gasteiger partial charge in [-0.3, -0.25) is 5.10 Å². The molecule has 0 aromatic carbocycles. The van der Waals surface area contributed by atoms with E-state index in [-0.39, 0.29) is 0 Å². The summed E-state index contributed by atoms with van der Waals surface area (Å²) in [5.74, 6) is -0.402. The fraction of sp³-hybridized carbons (Fsp3) is 0.200. The van der Waals surface area contributed by atoms with Gasteiger partial charge in [0.1, 0.15) is 10.2 Å². The first kappa shape index (κ1) is 7.27. The summed E-state index contributed by atoms with van der Waals surface area (Å²) >= 11 is 3.09. The predicted octanol–water partition coefficient (Wildman–Crippen LogP) is 0.959. The smallest absolute Gasteiger partial charge is 0.342 e. The van der Waals surface area contributed by atoms with Gasteiger partial charge in [-0.25, -0.2) is 4.79 Å². The zero-order chi connectivity index (χ0) is 7.56. The summed E-state index contributed by atoms with van der Waals surface area (Å²) < 4.78 is 4.99. The number of hydrogen-bond acceptors (Lipinski definition) is 3. The van der Waals surface area contributed by atoms with Gasteiger partial charge in [-0.15, -0.1) is 0 Å². The molecule has 0 saturated carbocycles. The maximum Gasteiger partial charge on any atom is 0.342 e. The minimum Gasteiger partial charge on any atom is -0.465 e. The number of aromatic amines is 1. The lowest BCUT2D eigenvalue weighted by Crippen LogP contribution is -1.99. The number of esters is 1. The molecule has 0 aliphatic heterocycles. The second-order valence-electron chi connectivity index (χ2n) is 1.59. The van der Waals surface area contributed by atoms with Crippen LogP contribution in [0.2, 0.25) is 0 Å².